The van der Waals surface area contributed by atoms with E-state index in [1.54, 1.807) is 24.3 Å². The molecule has 1 aliphatic carbocycles. The number of hydrogen-bond donors (Lipinski definition) is 4. The molecule has 1 atom stereocenters. The van der Waals surface area contributed by atoms with Gasteiger partial charge in [-0.2, -0.15) is 0 Å². The molecule has 1 saturated carbocycles. The third kappa shape index (κ3) is 11.6. The molecule has 53 heavy (non-hydrogen) atoms. The van der Waals surface area contributed by atoms with Gasteiger partial charge in [-0.3, -0.25) is 14.9 Å². The number of alkyl carbamates (subject to hydrolysis) is 1. The van der Waals surface area contributed by atoms with E-state index in [0.717, 1.165) is 30.0 Å². The van der Waals surface area contributed by atoms with E-state index in [-0.39, 0.29) is 25.0 Å². The molecule has 0 saturated heterocycles. The minimum Gasteiger partial charge on any atom is -0.453 e. The number of fused-ring (bicyclic) bond motifs is 4. The van der Waals surface area contributed by atoms with Crippen LogP contribution in [0.5, 0.6) is 0 Å². The highest BCUT2D eigenvalue weighted by Crippen LogP contribution is 2.42. The molecule has 1 aromatic heterocycles. The van der Waals surface area contributed by atoms with Crippen molar-refractivity contribution >= 4 is 43.4 Å². The minimum atomic E-state index is -1.33. The van der Waals surface area contributed by atoms with Crippen LogP contribution in [0.25, 0.3) is 11.3 Å². The molecule has 2 heterocycles. The maximum Gasteiger partial charge on any atom is 0.411 e. The van der Waals surface area contributed by atoms with Gasteiger partial charge in [-0.15, -0.1) is 0 Å². The summed E-state index contributed by atoms with van der Waals surface area (Å²) in [7, 11) is -0.0480. The second-order valence-electron chi connectivity index (χ2n) is 16.0. The van der Waals surface area contributed by atoms with Crippen LogP contribution in [0.3, 0.4) is 0 Å². The topological polar surface area (TPSA) is 162 Å². The highest BCUT2D eigenvalue weighted by Gasteiger charge is 2.29. The molecule has 1 fully saturated rings. The number of carbonyl (C=O) groups excluding carboxylic acids is 4. The van der Waals surface area contributed by atoms with E-state index in [1.807, 2.05) is 43.7 Å². The summed E-state index contributed by atoms with van der Waals surface area (Å²) < 4.78 is 18.3. The van der Waals surface area contributed by atoms with Crippen LogP contribution in [0.1, 0.15) is 98.6 Å². The Balaban J connectivity index is 1.45. The molecule has 5 rings (SSSR count). The van der Waals surface area contributed by atoms with E-state index < -0.39 is 31.9 Å². The van der Waals surface area contributed by atoms with Gasteiger partial charge in [-0.05, 0) is 99.9 Å². The van der Waals surface area contributed by atoms with Gasteiger partial charge in [0.25, 0.3) is 5.91 Å². The van der Waals surface area contributed by atoms with Gasteiger partial charge < -0.3 is 34.7 Å². The molecule has 0 radical (unpaired) electrons. The molecule has 2 bridgehead atoms. The van der Waals surface area contributed by atoms with Crippen LogP contribution in [-0.2, 0) is 32.3 Å². The molecule has 2 aromatic carbocycles. The van der Waals surface area contributed by atoms with E-state index in [9.17, 15) is 19.2 Å². The predicted octanol–water partition coefficient (Wildman–Crippen LogP) is 7.93. The first-order chi connectivity index (χ1) is 25.1. The van der Waals surface area contributed by atoms with E-state index in [0.29, 0.717) is 72.4 Å². The molecule has 1 aliphatic heterocycles. The maximum atomic E-state index is 14.0. The van der Waals surface area contributed by atoms with Gasteiger partial charge in [0.2, 0.25) is 5.91 Å². The molecule has 286 valence electrons. The summed E-state index contributed by atoms with van der Waals surface area (Å²) in [6.07, 6.45) is 4.94. The van der Waals surface area contributed by atoms with Gasteiger partial charge in [-0.1, -0.05) is 32.1 Å². The van der Waals surface area contributed by atoms with Crippen molar-refractivity contribution < 1.29 is 33.4 Å². The van der Waals surface area contributed by atoms with Crippen molar-refractivity contribution in [1.29, 1.82) is 0 Å². The summed E-state index contributed by atoms with van der Waals surface area (Å²) in [6.45, 7) is 13.5. The second-order valence-corrected chi connectivity index (χ2v) is 21.7. The van der Waals surface area contributed by atoms with Crippen LogP contribution in [0.2, 0.25) is 25.7 Å². The summed E-state index contributed by atoms with van der Waals surface area (Å²) in [5, 5.41) is 11.8. The van der Waals surface area contributed by atoms with E-state index in [2.05, 4.69) is 40.9 Å². The lowest BCUT2D eigenvalue weighted by atomic mass is 9.99. The number of imidazole rings is 1. The van der Waals surface area contributed by atoms with Crippen LogP contribution in [0.4, 0.5) is 21.0 Å². The van der Waals surface area contributed by atoms with E-state index in [1.165, 1.54) is 7.11 Å². The first-order valence-electron chi connectivity index (χ1n) is 18.4. The molecular formula is C39H54N6O7Si. The van der Waals surface area contributed by atoms with Gasteiger partial charge >= 0.3 is 12.2 Å². The molecule has 13 nitrogen and oxygen atoms in total. The Hall–Kier alpha value is -4.69. The van der Waals surface area contributed by atoms with Crippen molar-refractivity contribution in [3.8, 4) is 11.3 Å². The fourth-order valence-electron chi connectivity index (χ4n) is 6.11. The van der Waals surface area contributed by atoms with Crippen molar-refractivity contribution in [2.24, 2.45) is 0 Å². The van der Waals surface area contributed by atoms with E-state index >= 15 is 0 Å². The number of ether oxygens (including phenoxy) is 3. The Kier molecular flexibility index (Phi) is 12.7. The van der Waals surface area contributed by atoms with Gasteiger partial charge in [0.15, 0.2) is 0 Å². The van der Waals surface area contributed by atoms with Crippen molar-refractivity contribution in [2.45, 2.75) is 116 Å². The summed E-state index contributed by atoms with van der Waals surface area (Å²) in [5.41, 5.74) is 4.14. The standard InChI is InChI=1S/C39H54N6O7Si/c1-39(2,3)52-37(48)40-22-27-15-14-26(20-30(27)25-12-13-25)36(47)44-31-10-8-9-11-34(46)42-32-21-28(41-38(49)50-4)16-17-29(32)33-23-45(35(31)43-33)24-51-18-19-53(5,6)7/h14-17,20-21,23,25,31H,8-13,18-19,22,24H2,1-7H3,(H,40,48)(H,41,49)(H,42,46)(H,44,47). The highest BCUT2D eigenvalue weighted by atomic mass is 28.3. The van der Waals surface area contributed by atoms with E-state index in [4.69, 9.17) is 19.2 Å². The summed E-state index contributed by atoms with van der Waals surface area (Å²) in [4.78, 5) is 56.5. The number of rotatable bonds is 11. The van der Waals surface area contributed by atoms with Crippen molar-refractivity contribution in [3.63, 3.8) is 0 Å². The molecule has 1 unspecified atom stereocenters. The number of amides is 4. The zero-order valence-corrected chi connectivity index (χ0v) is 33.0. The van der Waals surface area contributed by atoms with Gasteiger partial charge in [0, 0.05) is 50.7 Å². The number of nitrogens with zero attached hydrogens (tertiary/aromatic N) is 2. The fourth-order valence-corrected chi connectivity index (χ4v) is 6.86. The SMILES string of the molecule is COC(=O)Nc1ccc2c(c1)NC(=O)CCCCC(NC(=O)c1ccc(CNC(=O)OC(C)(C)C)c(C3CC3)c1)c1nc-2cn1COCC[Si](C)(C)C. The average Bonchev–Trinajstić information content (AvgIpc) is 3.84. The largest absolute Gasteiger partial charge is 0.453 e. The highest BCUT2D eigenvalue weighted by molar-refractivity contribution is 6.76. The Morgan fingerprint density at radius 1 is 1.02 bits per heavy atom. The summed E-state index contributed by atoms with van der Waals surface area (Å²) in [6, 6.07) is 11.4. The molecule has 14 heteroatoms. The number of benzene rings is 2. The lowest BCUT2D eigenvalue weighted by Crippen LogP contribution is -2.32. The van der Waals surface area contributed by atoms with Gasteiger partial charge in [0.1, 0.15) is 18.2 Å². The average molecular weight is 747 g/mol. The maximum absolute atomic E-state index is 14.0. The molecule has 2 aliphatic rings. The van der Waals surface area contributed by atoms with Crippen LogP contribution in [-0.4, -0.2) is 60.9 Å². The summed E-state index contributed by atoms with van der Waals surface area (Å²) in [5.74, 6) is 0.592. The Labute approximate surface area is 312 Å². The Morgan fingerprint density at radius 3 is 2.49 bits per heavy atom. The lowest BCUT2D eigenvalue weighted by molar-refractivity contribution is -0.116. The Morgan fingerprint density at radius 2 is 1.79 bits per heavy atom. The van der Waals surface area contributed by atoms with Crippen LogP contribution in [0, 0.1) is 0 Å². The van der Waals surface area contributed by atoms with Crippen molar-refractivity contribution in [2.75, 3.05) is 24.4 Å². The normalized spacial score (nSPS) is 16.3. The second kappa shape index (κ2) is 17.0. The van der Waals surface area contributed by atoms with Gasteiger partial charge in [-0.25, -0.2) is 14.6 Å². The zero-order valence-electron chi connectivity index (χ0n) is 32.0. The predicted molar refractivity (Wildman–Crippen MR) is 207 cm³/mol. The molecule has 4 N–H and O–H groups in total. The third-order valence-corrected chi connectivity index (χ3v) is 10.8. The Bertz CT molecular complexity index is 1810. The first-order valence-corrected chi connectivity index (χ1v) is 22.1. The molecule has 0 spiro atoms. The first kappa shape index (κ1) is 39.5. The van der Waals surface area contributed by atoms with Crippen LogP contribution >= 0.6 is 0 Å². The molecule has 3 aromatic rings. The van der Waals surface area contributed by atoms with Crippen LogP contribution < -0.4 is 21.3 Å². The number of nitrogens with one attached hydrogen (secondary N) is 4. The smallest absolute Gasteiger partial charge is 0.411 e. The number of carbonyl (C=O) groups is 4. The number of aromatic nitrogens is 2. The van der Waals surface area contributed by atoms with Crippen molar-refractivity contribution in [3.05, 3.63) is 65.1 Å². The fraction of sp³-hybridized carbons (Fsp3) is 0.513. The quantitative estimate of drug-likeness (QED) is 0.114. The van der Waals surface area contributed by atoms with Crippen LogP contribution in [0.15, 0.2) is 42.6 Å². The summed E-state index contributed by atoms with van der Waals surface area (Å²) >= 11 is 0. The lowest BCUT2D eigenvalue weighted by Gasteiger charge is -2.22. The molecule has 4 amide bonds. The number of hydrogen-bond acceptors (Lipinski definition) is 8. The minimum absolute atomic E-state index is 0.161. The monoisotopic (exact) mass is 746 g/mol. The van der Waals surface area contributed by atoms with Crippen molar-refractivity contribution in [1.82, 2.24) is 20.2 Å². The number of anilines is 2. The molecular weight excluding hydrogens is 693 g/mol. The van der Waals surface area contributed by atoms with Gasteiger partial charge in [0.05, 0.1) is 24.5 Å². The number of methoxy groups -OCH3 is 1. The third-order valence-electron chi connectivity index (χ3n) is 9.05. The zero-order chi connectivity index (χ0) is 38.3.